The van der Waals surface area contributed by atoms with Crippen LogP contribution in [0.4, 0.5) is 0 Å². The maximum absolute atomic E-state index is 0. The van der Waals surface area contributed by atoms with Gasteiger partial charge in [-0.1, -0.05) is 0 Å². The molecule has 0 saturated carbocycles. The summed E-state index contributed by atoms with van der Waals surface area (Å²) in [5, 5.41) is 0. The average Bonchev–Trinajstić information content (AvgIpc) is 0. The second-order valence-corrected chi connectivity index (χ2v) is 0. The number of hydrogen-bond donors (Lipinski definition) is 0. The van der Waals surface area contributed by atoms with Crippen molar-refractivity contribution in [2.45, 2.75) is 0 Å². The SMILES string of the molecule is [Cl-].[Cl-].[Cl-].[Cl-].[Cl-].[O-2].[O-2].[O-2].[O-2].[O-2].[O-2].[O-2].[O-2].[O-2].[O-2].[O-2].[O-2].[O-2].[O-2].[O-2].[O-2].[O-2].[O-2].[O-2].[O-2].[O-2].[O-2].[O-2].[O-2].[O-2].[V].[V].[V].[V].[V].[V].[V].[V].[V].[V].[V]. The molecule has 0 N–H and O–H groups in total. The molecule has 0 rings (SSSR count). The summed E-state index contributed by atoms with van der Waals surface area (Å²) in [5.41, 5.74) is 0. The van der Waals surface area contributed by atoms with Crippen LogP contribution in [0.25, 0.3) is 0 Å². The Kier molecular flexibility index (Phi) is 113000. The summed E-state index contributed by atoms with van der Waals surface area (Å²) >= 11 is 0. The van der Waals surface area contributed by atoms with Gasteiger partial charge in [0.2, 0.25) is 0 Å². The van der Waals surface area contributed by atoms with Gasteiger partial charge in [0.15, 0.2) is 0 Å². The predicted octanol–water partition coefficient (Wildman–Crippen LogP) is -18.0. The van der Waals surface area contributed by atoms with E-state index in [0.29, 0.717) is 0 Å². The molecule has 0 heterocycles. The number of hydrogen-bond acceptors (Lipinski definition) is 0. The minimum Gasteiger partial charge on any atom is -2.00 e. The van der Waals surface area contributed by atoms with E-state index in [-0.39, 0.29) is 403 Å². The minimum atomic E-state index is 0. The van der Waals surface area contributed by atoms with Crippen molar-refractivity contribution in [1.29, 1.82) is 0 Å². The van der Waals surface area contributed by atoms with Crippen LogP contribution >= 0.6 is 0 Å². The van der Waals surface area contributed by atoms with E-state index in [9.17, 15) is 0 Å². The molecule has 0 unspecified atom stereocenters. The van der Waals surface area contributed by atoms with Gasteiger partial charge in [0, 0.05) is 204 Å². The van der Waals surface area contributed by atoms with Gasteiger partial charge in [0.1, 0.15) is 0 Å². The van der Waals surface area contributed by atoms with Crippen LogP contribution in [0.15, 0.2) is 0 Å². The second kappa shape index (κ2) is 2090. The zero-order chi connectivity index (χ0) is 0. The molecule has 0 aromatic rings. The first-order valence-electron chi connectivity index (χ1n) is 0. The molecule has 0 aliphatic carbocycles. The van der Waals surface area contributed by atoms with Gasteiger partial charge in [-0.25, -0.2) is 0 Å². The molecule has 0 aliphatic heterocycles. The van der Waals surface area contributed by atoms with Crippen LogP contribution in [0.3, 0.4) is 0 Å². The summed E-state index contributed by atoms with van der Waals surface area (Å²) in [6.07, 6.45) is 0. The van der Waals surface area contributed by atoms with E-state index in [0.717, 1.165) is 0 Å². The molecule has 0 aromatic carbocycles. The van der Waals surface area contributed by atoms with Crippen molar-refractivity contribution >= 4 is 0 Å². The van der Waals surface area contributed by atoms with Crippen molar-refractivity contribution in [3.63, 3.8) is 0 Å². The Balaban J connectivity index is 0. The van der Waals surface area contributed by atoms with Crippen LogP contribution in [0, 0.1) is 0 Å². The molecule has 295 valence electrons. The summed E-state index contributed by atoms with van der Waals surface area (Å²) < 4.78 is 0. The zero-order valence-electron chi connectivity index (χ0n) is 17.0. The van der Waals surface area contributed by atoms with E-state index in [2.05, 4.69) is 0 Å². The molecule has 0 spiro atoms. The van der Waals surface area contributed by atoms with Crippen molar-refractivity contribution in [2.75, 3.05) is 0 Å². The van der Waals surface area contributed by atoms with Crippen molar-refractivity contribution in [3.05, 3.63) is 0 Å². The monoisotopic (exact) mass is 1140 g/mol. The minimum absolute atomic E-state index is 0. The fourth-order valence-corrected chi connectivity index (χ4v) is 0. The van der Waals surface area contributed by atoms with Gasteiger partial charge in [-0.2, -0.15) is 0 Å². The van der Waals surface area contributed by atoms with Gasteiger partial charge in [-0.3, -0.25) is 0 Å². The van der Waals surface area contributed by atoms with Gasteiger partial charge in [0.05, 0.1) is 0 Å². The van der Waals surface area contributed by atoms with Gasteiger partial charge < -0.3 is 199 Å². The maximum atomic E-state index is 0. The van der Waals surface area contributed by atoms with Gasteiger partial charge in [-0.05, 0) is 0 Å². The topological polar surface area (TPSA) is 712 Å². The predicted molar refractivity (Wildman–Crippen MR) is 17.2 cm³/mol. The first-order chi connectivity index (χ1) is 0. The Labute approximate surface area is 397 Å². The van der Waals surface area contributed by atoms with Crippen LogP contribution in [-0.4, -0.2) is 0 Å². The van der Waals surface area contributed by atoms with Crippen LogP contribution < -0.4 is 62.0 Å². The Morgan fingerprint density at radius 1 is 0.0732 bits per heavy atom. The Morgan fingerprint density at radius 3 is 0.0732 bits per heavy atom. The first kappa shape index (κ1) is 2220. The largest absolute Gasteiger partial charge is 2.00 e. The van der Waals surface area contributed by atoms with E-state index in [4.69, 9.17) is 0 Å². The molecule has 25 nitrogen and oxygen atoms in total. The summed E-state index contributed by atoms with van der Waals surface area (Å²) in [6.45, 7) is 0. The van der Waals surface area contributed by atoms with Crippen LogP contribution in [0.5, 0.6) is 0 Å². The molecule has 0 saturated heterocycles. The van der Waals surface area contributed by atoms with E-state index >= 15 is 0 Å². The van der Waals surface area contributed by atoms with Crippen LogP contribution in [0.2, 0.25) is 0 Å². The van der Waals surface area contributed by atoms with Gasteiger partial charge >= 0.3 is 0 Å². The maximum Gasteiger partial charge on any atom is 0 e. The van der Waals surface area contributed by atoms with Crippen molar-refractivity contribution < 1.29 is 403 Å². The Bertz CT molecular complexity index is 53.9. The van der Waals surface area contributed by atoms with E-state index < -0.39 is 0 Å². The van der Waals surface area contributed by atoms with E-state index in [1.165, 1.54) is 0 Å². The summed E-state index contributed by atoms with van der Waals surface area (Å²) in [7, 11) is 0. The number of halogens is 5. The average molecular weight is 1140 g/mol. The summed E-state index contributed by atoms with van der Waals surface area (Å²) in [4.78, 5) is 0. The third kappa shape index (κ3) is 2000. The number of rotatable bonds is 0. The zero-order valence-corrected chi connectivity index (χ0v) is 36.2. The smallest absolute Gasteiger partial charge is 0 e. The van der Waals surface area contributed by atoms with E-state index in [1.54, 1.807) is 0 Å². The molecular formula is Cl5O25V11-55. The molecule has 0 fully saturated rings. The molecule has 41 heteroatoms. The third-order valence-electron chi connectivity index (χ3n) is 0. The van der Waals surface area contributed by atoms with Gasteiger partial charge in [0.25, 0.3) is 0 Å². The van der Waals surface area contributed by atoms with Crippen LogP contribution in [-0.2, 0) is 341 Å². The molecule has 0 aliphatic rings. The fourth-order valence-electron chi connectivity index (χ4n) is 0. The summed E-state index contributed by atoms with van der Waals surface area (Å²) in [6, 6.07) is 0. The first-order valence-corrected chi connectivity index (χ1v) is 0. The summed E-state index contributed by atoms with van der Waals surface area (Å²) in [5.74, 6) is 0. The molecular weight excluding hydrogens is 1140 g/mol. The molecule has 11 radical (unpaired) electrons. The Morgan fingerprint density at radius 2 is 0.0732 bits per heavy atom. The fraction of sp³-hybridized carbons (Fsp3) is 0. The molecule has 0 bridgehead atoms. The van der Waals surface area contributed by atoms with Crippen molar-refractivity contribution in [3.8, 4) is 0 Å². The standard InChI is InChI=1S/5ClH.25O.11V/h5*1H;;;;;;;;;;;;;;;;;;;;;;;;;;;;;;;;;;;;/q;;;;;25*-2;;;;;;;;;;;/p-5. The Hall–Kier alpha value is 6.88. The van der Waals surface area contributed by atoms with Gasteiger partial charge in [-0.15, -0.1) is 0 Å². The van der Waals surface area contributed by atoms with Crippen molar-refractivity contribution in [1.82, 2.24) is 0 Å². The molecule has 41 heavy (non-hydrogen) atoms. The molecule has 0 atom stereocenters. The quantitative estimate of drug-likeness (QED) is 0.218. The van der Waals surface area contributed by atoms with E-state index in [1.807, 2.05) is 0 Å². The normalized spacial score (nSPS) is 0. The third-order valence-corrected chi connectivity index (χ3v) is 0. The molecule has 0 amide bonds. The van der Waals surface area contributed by atoms with Crippen molar-refractivity contribution in [2.24, 2.45) is 0 Å². The van der Waals surface area contributed by atoms with Crippen LogP contribution in [0.1, 0.15) is 0 Å². The second-order valence-electron chi connectivity index (χ2n) is 0. The molecule has 0 aromatic heterocycles.